The second-order valence-electron chi connectivity index (χ2n) is 7.79. The summed E-state index contributed by atoms with van der Waals surface area (Å²) < 4.78 is 22.0. The van der Waals surface area contributed by atoms with Crippen molar-refractivity contribution in [3.63, 3.8) is 0 Å². The van der Waals surface area contributed by atoms with E-state index in [0.717, 1.165) is 11.3 Å². The number of urea groups is 1. The molecule has 0 aliphatic heterocycles. The highest BCUT2D eigenvalue weighted by atomic mass is 35.5. The summed E-state index contributed by atoms with van der Waals surface area (Å²) >= 11 is 6.22. The molecule has 0 fully saturated rings. The normalized spacial score (nSPS) is 10.8. The molecule has 9 nitrogen and oxygen atoms in total. The van der Waals surface area contributed by atoms with Gasteiger partial charge in [-0.25, -0.2) is 19.2 Å². The number of imidazole rings is 1. The molecule has 2 amide bonds. The van der Waals surface area contributed by atoms with E-state index in [-0.39, 0.29) is 5.69 Å². The second-order valence-corrected chi connectivity index (χ2v) is 8.23. The Morgan fingerprint density at radius 2 is 2.03 bits per heavy atom. The highest BCUT2D eigenvalue weighted by Crippen LogP contribution is 2.28. The van der Waals surface area contributed by atoms with Gasteiger partial charge in [0.05, 0.1) is 35.3 Å². The number of anilines is 2. The molecule has 3 heterocycles. The fraction of sp³-hybridized carbons (Fsp3) is 0.0400. The standard InChI is InChI=1S/C25H19ClFN7O2/c1-15-13-34(14-28-15)19-8-17(26)7-18(9-19)31-25(35)33-23-10-20(5-6-21(23)27)36-24-4-2-3-22(32-24)16-11-29-30-12-16/h2-14H,1H3,(H,29,30)(H2,31,33,35). The molecule has 0 aliphatic rings. The SMILES string of the molecule is Cc1cn(-c2cc(Cl)cc(NC(=O)Nc3cc(Oc4cccc(-c5cn[nH]c5)n4)ccc3F)c2)cn1. The van der Waals surface area contributed by atoms with Crippen molar-refractivity contribution in [1.82, 2.24) is 24.7 Å². The van der Waals surface area contributed by atoms with E-state index in [9.17, 15) is 9.18 Å². The largest absolute Gasteiger partial charge is 0.439 e. The lowest BCUT2D eigenvalue weighted by Crippen LogP contribution is -2.20. The number of aryl methyl sites for hydroxylation is 1. The number of halogens is 2. The monoisotopic (exact) mass is 503 g/mol. The Hall–Kier alpha value is -4.70. The first-order valence-electron chi connectivity index (χ1n) is 10.8. The average Bonchev–Trinajstić information content (AvgIpc) is 3.53. The summed E-state index contributed by atoms with van der Waals surface area (Å²) in [6, 6.07) is 13.7. The number of amides is 2. The Kier molecular flexibility index (Phi) is 6.33. The smallest absolute Gasteiger partial charge is 0.323 e. The minimum atomic E-state index is -0.652. The number of aromatic amines is 1. The molecule has 2 aromatic carbocycles. The van der Waals surface area contributed by atoms with Crippen LogP contribution in [0.5, 0.6) is 11.6 Å². The van der Waals surface area contributed by atoms with Gasteiger partial charge in [0, 0.05) is 40.8 Å². The van der Waals surface area contributed by atoms with Crippen molar-refractivity contribution in [2.75, 3.05) is 10.6 Å². The van der Waals surface area contributed by atoms with Crippen molar-refractivity contribution in [1.29, 1.82) is 0 Å². The molecule has 0 radical (unpaired) electrons. The summed E-state index contributed by atoms with van der Waals surface area (Å²) in [4.78, 5) is 21.3. The number of nitrogens with one attached hydrogen (secondary N) is 3. The molecule has 0 saturated heterocycles. The lowest BCUT2D eigenvalue weighted by molar-refractivity contribution is 0.262. The molecular formula is C25H19ClFN7O2. The quantitative estimate of drug-likeness (QED) is 0.256. The zero-order valence-electron chi connectivity index (χ0n) is 18.9. The Morgan fingerprint density at radius 1 is 1.14 bits per heavy atom. The number of pyridine rings is 1. The van der Waals surface area contributed by atoms with Crippen molar-refractivity contribution < 1.29 is 13.9 Å². The lowest BCUT2D eigenvalue weighted by Gasteiger charge is -2.12. The molecule has 36 heavy (non-hydrogen) atoms. The van der Waals surface area contributed by atoms with E-state index < -0.39 is 11.8 Å². The molecule has 0 unspecified atom stereocenters. The maximum atomic E-state index is 14.5. The van der Waals surface area contributed by atoms with E-state index in [4.69, 9.17) is 16.3 Å². The summed E-state index contributed by atoms with van der Waals surface area (Å²) in [5.41, 5.74) is 3.37. The van der Waals surface area contributed by atoms with Crippen LogP contribution in [0, 0.1) is 12.7 Å². The van der Waals surface area contributed by atoms with Crippen LogP contribution in [0.3, 0.4) is 0 Å². The van der Waals surface area contributed by atoms with Gasteiger partial charge in [-0.3, -0.25) is 5.10 Å². The van der Waals surface area contributed by atoms with E-state index in [1.165, 1.54) is 18.2 Å². The average molecular weight is 504 g/mol. The third-order valence-electron chi connectivity index (χ3n) is 5.08. The number of carbonyl (C=O) groups excluding carboxylic acids is 1. The predicted molar refractivity (Wildman–Crippen MR) is 134 cm³/mol. The van der Waals surface area contributed by atoms with Crippen molar-refractivity contribution >= 4 is 29.0 Å². The third kappa shape index (κ3) is 5.34. The number of H-pyrrole nitrogens is 1. The van der Waals surface area contributed by atoms with E-state index in [0.29, 0.717) is 33.7 Å². The number of carbonyl (C=O) groups is 1. The van der Waals surface area contributed by atoms with Crippen molar-refractivity contribution in [2.24, 2.45) is 0 Å². The number of hydrogen-bond acceptors (Lipinski definition) is 5. The van der Waals surface area contributed by atoms with Gasteiger partial charge in [0.1, 0.15) is 11.6 Å². The van der Waals surface area contributed by atoms with E-state index >= 15 is 0 Å². The van der Waals surface area contributed by atoms with E-state index in [2.05, 4.69) is 30.8 Å². The minimum absolute atomic E-state index is 0.0662. The van der Waals surface area contributed by atoms with Gasteiger partial charge in [-0.2, -0.15) is 5.10 Å². The molecule has 5 aromatic rings. The van der Waals surface area contributed by atoms with Gasteiger partial charge in [0.2, 0.25) is 5.88 Å². The van der Waals surface area contributed by atoms with Crippen LogP contribution >= 0.6 is 11.6 Å². The summed E-state index contributed by atoms with van der Waals surface area (Å²) in [5.74, 6) is -0.0285. The van der Waals surface area contributed by atoms with Crippen LogP contribution in [0.15, 0.2) is 79.5 Å². The van der Waals surface area contributed by atoms with Crippen molar-refractivity contribution in [2.45, 2.75) is 6.92 Å². The number of ether oxygens (including phenoxy) is 1. The first-order chi connectivity index (χ1) is 17.4. The van der Waals surface area contributed by atoms with Gasteiger partial charge in [-0.1, -0.05) is 17.7 Å². The molecular weight excluding hydrogens is 485 g/mol. The molecule has 0 atom stereocenters. The second kappa shape index (κ2) is 9.88. The number of rotatable bonds is 6. The fourth-order valence-electron chi connectivity index (χ4n) is 3.45. The highest BCUT2D eigenvalue weighted by molar-refractivity contribution is 6.31. The van der Waals surface area contributed by atoms with Crippen LogP contribution < -0.4 is 15.4 Å². The van der Waals surface area contributed by atoms with Crippen molar-refractivity contribution in [3.05, 3.63) is 96.0 Å². The van der Waals surface area contributed by atoms with Crippen molar-refractivity contribution in [3.8, 4) is 28.6 Å². The third-order valence-corrected chi connectivity index (χ3v) is 5.29. The van der Waals surface area contributed by atoms with Gasteiger partial charge in [-0.15, -0.1) is 0 Å². The Morgan fingerprint density at radius 3 is 2.81 bits per heavy atom. The first kappa shape index (κ1) is 23.1. The summed E-state index contributed by atoms with van der Waals surface area (Å²) in [5, 5.41) is 12.2. The fourth-order valence-corrected chi connectivity index (χ4v) is 3.68. The zero-order valence-corrected chi connectivity index (χ0v) is 19.6. The molecule has 5 rings (SSSR count). The van der Waals surface area contributed by atoms with Gasteiger partial charge in [-0.05, 0) is 43.3 Å². The highest BCUT2D eigenvalue weighted by Gasteiger charge is 2.12. The molecule has 3 aromatic heterocycles. The molecule has 0 spiro atoms. The van der Waals surface area contributed by atoms with E-state index in [1.807, 2.05) is 19.2 Å². The van der Waals surface area contributed by atoms with Gasteiger partial charge >= 0.3 is 6.03 Å². The zero-order chi connectivity index (χ0) is 25.1. The van der Waals surface area contributed by atoms with Crippen LogP contribution in [0.4, 0.5) is 20.6 Å². The first-order valence-corrected chi connectivity index (χ1v) is 11.1. The Bertz CT molecular complexity index is 1540. The summed E-state index contributed by atoms with van der Waals surface area (Å²) in [7, 11) is 0. The number of nitrogens with zero attached hydrogens (tertiary/aromatic N) is 4. The summed E-state index contributed by atoms with van der Waals surface area (Å²) in [6.07, 6.45) is 6.83. The minimum Gasteiger partial charge on any atom is -0.439 e. The number of hydrogen-bond donors (Lipinski definition) is 3. The van der Waals surface area contributed by atoms with Crippen LogP contribution in [0.2, 0.25) is 5.02 Å². The van der Waals surface area contributed by atoms with Crippen LogP contribution in [-0.4, -0.2) is 30.8 Å². The van der Waals surface area contributed by atoms with Crippen LogP contribution in [0.25, 0.3) is 16.9 Å². The maximum Gasteiger partial charge on any atom is 0.323 e. The van der Waals surface area contributed by atoms with Crippen LogP contribution in [0.1, 0.15) is 5.69 Å². The summed E-state index contributed by atoms with van der Waals surface area (Å²) in [6.45, 7) is 1.87. The Labute approximate surface area is 209 Å². The lowest BCUT2D eigenvalue weighted by atomic mass is 10.2. The predicted octanol–water partition coefficient (Wildman–Crippen LogP) is 6.19. The van der Waals surface area contributed by atoms with E-state index in [1.54, 1.807) is 53.6 Å². The van der Waals surface area contributed by atoms with Crippen LogP contribution in [-0.2, 0) is 0 Å². The maximum absolute atomic E-state index is 14.5. The Balaban J connectivity index is 1.30. The number of aromatic nitrogens is 5. The molecule has 11 heteroatoms. The molecule has 0 aliphatic carbocycles. The van der Waals surface area contributed by atoms with Gasteiger partial charge in [0.25, 0.3) is 0 Å². The number of benzene rings is 2. The topological polar surface area (TPSA) is 110 Å². The molecule has 0 bridgehead atoms. The molecule has 0 saturated carbocycles. The van der Waals surface area contributed by atoms with Gasteiger partial charge < -0.3 is 19.9 Å². The van der Waals surface area contributed by atoms with Gasteiger partial charge in [0.15, 0.2) is 0 Å². The molecule has 180 valence electrons. The molecule has 3 N–H and O–H groups in total.